The van der Waals surface area contributed by atoms with Crippen LogP contribution in [0.1, 0.15) is 97.8 Å². The van der Waals surface area contributed by atoms with Gasteiger partial charge >= 0.3 is 5.97 Å². The van der Waals surface area contributed by atoms with Gasteiger partial charge in [0.1, 0.15) is 6.61 Å². The van der Waals surface area contributed by atoms with Gasteiger partial charge in [-0.1, -0.05) is 72.1 Å². The maximum Gasteiger partial charge on any atom is 0.305 e. The Morgan fingerprint density at radius 1 is 0.586 bits per heavy atom. The molecular formula is C24H49NO4. The molecular weight excluding hydrogens is 366 g/mol. The number of unbranched alkanes of at least 4 members (excludes halogenated alkanes) is 8. The van der Waals surface area contributed by atoms with E-state index in [1.807, 2.05) is 0 Å². The number of carbonyl (C=O) groups excluding carboxylic acids is 1. The molecule has 0 unspecified atom stereocenters. The van der Waals surface area contributed by atoms with Gasteiger partial charge in [-0.3, -0.25) is 9.69 Å². The first-order valence-electron chi connectivity index (χ1n) is 12.3. The van der Waals surface area contributed by atoms with Gasteiger partial charge in [0, 0.05) is 39.3 Å². The van der Waals surface area contributed by atoms with Gasteiger partial charge in [0.15, 0.2) is 0 Å². The van der Waals surface area contributed by atoms with Crippen LogP contribution in [0.4, 0.5) is 0 Å². The summed E-state index contributed by atoms with van der Waals surface area (Å²) in [5, 5.41) is 0. The minimum atomic E-state index is -0.0715. The topological polar surface area (TPSA) is 48.0 Å². The van der Waals surface area contributed by atoms with Crippen LogP contribution in [0, 0.1) is 0 Å². The first-order valence-corrected chi connectivity index (χ1v) is 12.3. The molecule has 0 amide bonds. The molecule has 0 saturated carbocycles. The van der Waals surface area contributed by atoms with Crippen LogP contribution in [-0.2, 0) is 19.0 Å². The molecule has 0 radical (unpaired) electrons. The van der Waals surface area contributed by atoms with E-state index in [-0.39, 0.29) is 5.97 Å². The molecule has 5 heteroatoms. The van der Waals surface area contributed by atoms with Crippen molar-refractivity contribution in [2.45, 2.75) is 97.8 Å². The fraction of sp³-hybridized carbons (Fsp3) is 0.958. The zero-order valence-electron chi connectivity index (χ0n) is 19.7. The summed E-state index contributed by atoms with van der Waals surface area (Å²) < 4.78 is 17.0. The van der Waals surface area contributed by atoms with Crippen molar-refractivity contribution >= 4 is 5.97 Å². The fourth-order valence-corrected chi connectivity index (χ4v) is 3.07. The first kappa shape index (κ1) is 28.4. The zero-order chi connectivity index (χ0) is 21.4. The molecule has 174 valence electrons. The number of esters is 1. The Morgan fingerprint density at radius 2 is 1.07 bits per heavy atom. The van der Waals surface area contributed by atoms with E-state index < -0.39 is 0 Å². The van der Waals surface area contributed by atoms with E-state index in [2.05, 4.69) is 25.7 Å². The van der Waals surface area contributed by atoms with Crippen molar-refractivity contribution in [2.75, 3.05) is 52.7 Å². The van der Waals surface area contributed by atoms with E-state index in [1.54, 1.807) is 0 Å². The van der Waals surface area contributed by atoms with Crippen molar-refractivity contribution in [3.05, 3.63) is 0 Å². The lowest BCUT2D eigenvalue weighted by Crippen LogP contribution is -2.34. The molecule has 0 spiro atoms. The van der Waals surface area contributed by atoms with Gasteiger partial charge in [0.05, 0.1) is 13.2 Å². The Morgan fingerprint density at radius 3 is 1.59 bits per heavy atom. The fourth-order valence-electron chi connectivity index (χ4n) is 3.07. The van der Waals surface area contributed by atoms with Crippen LogP contribution < -0.4 is 0 Å². The Kier molecular flexibility index (Phi) is 23.1. The molecule has 0 aromatic carbocycles. The van der Waals surface area contributed by atoms with E-state index in [0.717, 1.165) is 78.2 Å². The normalized spacial score (nSPS) is 11.3. The molecule has 0 saturated heterocycles. The minimum Gasteiger partial charge on any atom is -0.464 e. The minimum absolute atomic E-state index is 0.0715. The van der Waals surface area contributed by atoms with Crippen molar-refractivity contribution in [1.29, 1.82) is 0 Å². The summed E-state index contributed by atoms with van der Waals surface area (Å²) >= 11 is 0. The summed E-state index contributed by atoms with van der Waals surface area (Å²) in [7, 11) is 0. The van der Waals surface area contributed by atoms with Crippen molar-refractivity contribution in [1.82, 2.24) is 4.90 Å². The largest absolute Gasteiger partial charge is 0.464 e. The highest BCUT2D eigenvalue weighted by molar-refractivity contribution is 5.69. The number of rotatable bonds is 23. The molecule has 0 heterocycles. The molecule has 0 aliphatic carbocycles. The number of nitrogens with zero attached hydrogens (tertiary/aromatic N) is 1. The summed E-state index contributed by atoms with van der Waals surface area (Å²) in [6, 6.07) is 0. The predicted octanol–water partition coefficient (Wildman–Crippen LogP) is 5.61. The molecule has 0 aliphatic rings. The molecule has 0 atom stereocenters. The molecule has 0 rings (SSSR count). The number of hydrogen-bond donors (Lipinski definition) is 0. The van der Waals surface area contributed by atoms with Gasteiger partial charge in [-0.25, -0.2) is 0 Å². The van der Waals surface area contributed by atoms with Gasteiger partial charge in [-0.05, 0) is 19.3 Å². The quantitative estimate of drug-likeness (QED) is 0.160. The van der Waals surface area contributed by atoms with Crippen molar-refractivity contribution < 1.29 is 19.0 Å². The van der Waals surface area contributed by atoms with Crippen LogP contribution in [-0.4, -0.2) is 63.5 Å². The van der Waals surface area contributed by atoms with E-state index >= 15 is 0 Å². The lowest BCUT2D eigenvalue weighted by atomic mass is 10.2. The van der Waals surface area contributed by atoms with Gasteiger partial charge in [0.2, 0.25) is 0 Å². The van der Waals surface area contributed by atoms with Gasteiger partial charge in [-0.2, -0.15) is 0 Å². The molecule has 0 aliphatic heterocycles. The van der Waals surface area contributed by atoms with Crippen molar-refractivity contribution in [2.24, 2.45) is 0 Å². The molecule has 0 fully saturated rings. The molecule has 29 heavy (non-hydrogen) atoms. The van der Waals surface area contributed by atoms with Gasteiger partial charge in [0.25, 0.3) is 0 Å². The predicted molar refractivity (Wildman–Crippen MR) is 121 cm³/mol. The monoisotopic (exact) mass is 415 g/mol. The van der Waals surface area contributed by atoms with Gasteiger partial charge < -0.3 is 14.2 Å². The Labute approximate surface area is 180 Å². The second kappa shape index (κ2) is 23.6. The third-order valence-corrected chi connectivity index (χ3v) is 5.04. The van der Waals surface area contributed by atoms with E-state index in [0.29, 0.717) is 13.0 Å². The third kappa shape index (κ3) is 21.9. The van der Waals surface area contributed by atoms with Crippen LogP contribution in [0.3, 0.4) is 0 Å². The second-order valence-corrected chi connectivity index (χ2v) is 7.87. The summed E-state index contributed by atoms with van der Waals surface area (Å²) in [5.74, 6) is -0.0715. The summed E-state index contributed by atoms with van der Waals surface area (Å²) in [5.41, 5.74) is 0. The maximum absolute atomic E-state index is 11.8. The maximum atomic E-state index is 11.8. The van der Waals surface area contributed by atoms with Crippen LogP contribution in [0.25, 0.3) is 0 Å². The molecule has 0 bridgehead atoms. The average Bonchev–Trinajstić information content (AvgIpc) is 2.72. The smallest absolute Gasteiger partial charge is 0.305 e. The third-order valence-electron chi connectivity index (χ3n) is 5.04. The van der Waals surface area contributed by atoms with E-state index in [1.165, 1.54) is 38.5 Å². The van der Waals surface area contributed by atoms with Crippen molar-refractivity contribution in [3.63, 3.8) is 0 Å². The SMILES string of the molecule is CCCCCCOCCN(CCOCCCCCC)CCOC(=O)CCCCC. The molecule has 5 nitrogen and oxygen atoms in total. The van der Waals surface area contributed by atoms with Crippen molar-refractivity contribution in [3.8, 4) is 0 Å². The summed E-state index contributed by atoms with van der Waals surface area (Å²) in [6.07, 6.45) is 13.5. The second-order valence-electron chi connectivity index (χ2n) is 7.87. The van der Waals surface area contributed by atoms with E-state index in [9.17, 15) is 4.79 Å². The Bertz CT molecular complexity index is 321. The highest BCUT2D eigenvalue weighted by Gasteiger charge is 2.08. The highest BCUT2D eigenvalue weighted by Crippen LogP contribution is 2.02. The summed E-state index contributed by atoms with van der Waals surface area (Å²) in [4.78, 5) is 14.1. The highest BCUT2D eigenvalue weighted by atomic mass is 16.5. The Balaban J connectivity index is 3.95. The van der Waals surface area contributed by atoms with Crippen LogP contribution in [0.15, 0.2) is 0 Å². The molecule has 0 aromatic rings. The lowest BCUT2D eigenvalue weighted by Gasteiger charge is -2.22. The standard InChI is InChI=1S/C24H49NO4/c1-4-7-10-13-19-27-21-16-25(17-22-28-20-14-11-8-5-2)18-23-29-24(26)15-12-9-6-3/h4-23H2,1-3H3. The Hall–Kier alpha value is -0.650. The van der Waals surface area contributed by atoms with Gasteiger partial charge in [-0.15, -0.1) is 0 Å². The molecule has 0 aromatic heterocycles. The number of hydrogen-bond acceptors (Lipinski definition) is 5. The summed E-state index contributed by atoms with van der Waals surface area (Å²) in [6.45, 7) is 12.7. The van der Waals surface area contributed by atoms with Crippen LogP contribution in [0.2, 0.25) is 0 Å². The first-order chi connectivity index (χ1) is 14.2. The van der Waals surface area contributed by atoms with Crippen LogP contribution in [0.5, 0.6) is 0 Å². The van der Waals surface area contributed by atoms with Crippen LogP contribution >= 0.6 is 0 Å². The number of carbonyl (C=O) groups is 1. The molecule has 0 N–H and O–H groups in total. The average molecular weight is 416 g/mol. The lowest BCUT2D eigenvalue weighted by molar-refractivity contribution is -0.144. The van der Waals surface area contributed by atoms with E-state index in [4.69, 9.17) is 14.2 Å². The number of ether oxygens (including phenoxy) is 3. The zero-order valence-corrected chi connectivity index (χ0v) is 19.7.